The molecule has 168 valence electrons. The van der Waals surface area contributed by atoms with Crippen LogP contribution in [-0.2, 0) is 11.3 Å². The lowest BCUT2D eigenvalue weighted by Gasteiger charge is -2.13. The highest BCUT2D eigenvalue weighted by atomic mass is 16.5. The molecule has 2 rings (SSSR count). The molecule has 0 bridgehead atoms. The third-order valence-electron chi connectivity index (χ3n) is 4.57. The highest BCUT2D eigenvalue weighted by Gasteiger charge is 2.05. The predicted molar refractivity (Wildman–Crippen MR) is 126 cm³/mol. The smallest absolute Gasteiger partial charge is 0.251 e. The van der Waals surface area contributed by atoms with Gasteiger partial charge in [0.1, 0.15) is 5.75 Å². The zero-order chi connectivity index (χ0) is 22.3. The molecule has 0 fully saturated rings. The van der Waals surface area contributed by atoms with E-state index in [-0.39, 0.29) is 5.91 Å². The monoisotopic (exact) mass is 426 g/mol. The fraction of sp³-hybridized carbons (Fsp3) is 0.417. The maximum Gasteiger partial charge on any atom is 0.251 e. The van der Waals surface area contributed by atoms with Gasteiger partial charge in [-0.3, -0.25) is 9.79 Å². The SMILES string of the molecule is CCCCNC(=O)c1ccc(CNC(=NC)Nc2cccc(OCCCOC)c2)cc1. The first-order valence-corrected chi connectivity index (χ1v) is 10.7. The average molecular weight is 427 g/mol. The van der Waals surface area contributed by atoms with Gasteiger partial charge in [0.05, 0.1) is 6.61 Å². The van der Waals surface area contributed by atoms with Crippen LogP contribution in [0.25, 0.3) is 0 Å². The van der Waals surface area contributed by atoms with Gasteiger partial charge in [-0.05, 0) is 36.2 Å². The first-order chi connectivity index (χ1) is 15.2. The van der Waals surface area contributed by atoms with Crippen molar-refractivity contribution in [3.8, 4) is 5.75 Å². The molecule has 0 unspecified atom stereocenters. The number of amides is 1. The number of unbranched alkanes of at least 4 members (excludes halogenated alkanes) is 1. The Morgan fingerprint density at radius 1 is 1.03 bits per heavy atom. The van der Waals surface area contributed by atoms with Crippen molar-refractivity contribution in [1.29, 1.82) is 0 Å². The lowest BCUT2D eigenvalue weighted by molar-refractivity contribution is 0.0953. The van der Waals surface area contributed by atoms with Crippen molar-refractivity contribution < 1.29 is 14.3 Å². The number of ether oxygens (including phenoxy) is 2. The van der Waals surface area contributed by atoms with Gasteiger partial charge in [0.2, 0.25) is 0 Å². The molecule has 0 heterocycles. The molecule has 0 aliphatic rings. The molecule has 7 heteroatoms. The highest BCUT2D eigenvalue weighted by molar-refractivity contribution is 5.94. The van der Waals surface area contributed by atoms with Crippen LogP contribution in [0.2, 0.25) is 0 Å². The number of methoxy groups -OCH3 is 1. The Bertz CT molecular complexity index is 822. The topological polar surface area (TPSA) is 84.0 Å². The minimum Gasteiger partial charge on any atom is -0.493 e. The van der Waals surface area contributed by atoms with Gasteiger partial charge in [-0.2, -0.15) is 0 Å². The van der Waals surface area contributed by atoms with Crippen molar-refractivity contribution >= 4 is 17.6 Å². The third kappa shape index (κ3) is 9.09. The van der Waals surface area contributed by atoms with Crippen LogP contribution in [0.5, 0.6) is 5.75 Å². The summed E-state index contributed by atoms with van der Waals surface area (Å²) >= 11 is 0. The molecular formula is C24H34N4O3. The number of benzene rings is 2. The van der Waals surface area contributed by atoms with Crippen molar-refractivity contribution in [1.82, 2.24) is 10.6 Å². The Morgan fingerprint density at radius 3 is 2.55 bits per heavy atom. The van der Waals surface area contributed by atoms with Gasteiger partial charge in [0.25, 0.3) is 5.91 Å². The molecule has 2 aromatic carbocycles. The van der Waals surface area contributed by atoms with E-state index < -0.39 is 0 Å². The lowest BCUT2D eigenvalue weighted by Crippen LogP contribution is -2.30. The maximum absolute atomic E-state index is 12.1. The van der Waals surface area contributed by atoms with E-state index in [4.69, 9.17) is 9.47 Å². The van der Waals surface area contributed by atoms with Gasteiger partial charge >= 0.3 is 0 Å². The molecule has 1 amide bonds. The van der Waals surface area contributed by atoms with E-state index in [2.05, 4.69) is 27.9 Å². The Hall–Kier alpha value is -3.06. The van der Waals surface area contributed by atoms with Gasteiger partial charge in [-0.15, -0.1) is 0 Å². The molecule has 2 aromatic rings. The van der Waals surface area contributed by atoms with Crippen molar-refractivity contribution in [3.05, 3.63) is 59.7 Å². The second kappa shape index (κ2) is 14.0. The summed E-state index contributed by atoms with van der Waals surface area (Å²) in [6.07, 6.45) is 2.89. The quantitative estimate of drug-likeness (QED) is 0.273. The van der Waals surface area contributed by atoms with Gasteiger partial charge in [0.15, 0.2) is 5.96 Å². The van der Waals surface area contributed by atoms with Gasteiger partial charge in [-0.25, -0.2) is 0 Å². The molecular weight excluding hydrogens is 392 g/mol. The summed E-state index contributed by atoms with van der Waals surface area (Å²) in [6, 6.07) is 15.3. The average Bonchev–Trinajstić information content (AvgIpc) is 2.80. The number of anilines is 1. The van der Waals surface area contributed by atoms with E-state index in [0.717, 1.165) is 36.3 Å². The fourth-order valence-corrected chi connectivity index (χ4v) is 2.81. The van der Waals surface area contributed by atoms with E-state index in [1.165, 1.54) is 0 Å². The number of rotatable bonds is 12. The van der Waals surface area contributed by atoms with E-state index in [0.29, 0.717) is 37.8 Å². The fourth-order valence-electron chi connectivity index (χ4n) is 2.81. The van der Waals surface area contributed by atoms with Crippen LogP contribution in [0.3, 0.4) is 0 Å². The number of nitrogens with one attached hydrogen (secondary N) is 3. The summed E-state index contributed by atoms with van der Waals surface area (Å²) < 4.78 is 10.8. The van der Waals surface area contributed by atoms with Crippen molar-refractivity contribution in [2.45, 2.75) is 32.7 Å². The molecule has 0 saturated carbocycles. The summed E-state index contributed by atoms with van der Waals surface area (Å²) in [5.74, 6) is 1.41. The van der Waals surface area contributed by atoms with Crippen molar-refractivity contribution in [3.63, 3.8) is 0 Å². The third-order valence-corrected chi connectivity index (χ3v) is 4.57. The van der Waals surface area contributed by atoms with E-state index >= 15 is 0 Å². The number of carbonyl (C=O) groups excluding carboxylic acids is 1. The Kier molecular flexibility index (Phi) is 11.0. The second-order valence-electron chi connectivity index (χ2n) is 7.08. The molecule has 0 radical (unpaired) electrons. The molecule has 31 heavy (non-hydrogen) atoms. The van der Waals surface area contributed by atoms with E-state index in [1.54, 1.807) is 14.2 Å². The van der Waals surface area contributed by atoms with Crippen LogP contribution in [0.1, 0.15) is 42.1 Å². The minimum absolute atomic E-state index is 0.0326. The van der Waals surface area contributed by atoms with E-state index in [9.17, 15) is 4.79 Å². The Balaban J connectivity index is 1.83. The molecule has 0 spiro atoms. The van der Waals surface area contributed by atoms with Crippen LogP contribution in [0, 0.1) is 0 Å². The first kappa shape index (κ1) is 24.2. The molecule has 0 aromatic heterocycles. The van der Waals surface area contributed by atoms with Crippen LogP contribution in [0.15, 0.2) is 53.5 Å². The number of hydrogen-bond acceptors (Lipinski definition) is 4. The molecule has 7 nitrogen and oxygen atoms in total. The van der Waals surface area contributed by atoms with Crippen LogP contribution in [-0.4, -0.2) is 45.8 Å². The van der Waals surface area contributed by atoms with Crippen LogP contribution in [0.4, 0.5) is 5.69 Å². The molecule has 0 saturated heterocycles. The summed E-state index contributed by atoms with van der Waals surface area (Å²) in [4.78, 5) is 16.4. The highest BCUT2D eigenvalue weighted by Crippen LogP contribution is 2.17. The standard InChI is InChI=1S/C24H34N4O3/c1-4-5-14-26-23(29)20-12-10-19(11-13-20)18-27-24(25-2)28-21-8-6-9-22(17-21)31-16-7-15-30-3/h6,8-13,17H,4-5,7,14-16,18H2,1-3H3,(H,26,29)(H2,25,27,28). The Labute approximate surface area is 185 Å². The van der Waals surface area contributed by atoms with Gasteiger partial charge in [-0.1, -0.05) is 31.5 Å². The minimum atomic E-state index is -0.0326. The van der Waals surface area contributed by atoms with E-state index in [1.807, 2.05) is 48.5 Å². The Morgan fingerprint density at radius 2 is 1.84 bits per heavy atom. The molecule has 0 aliphatic carbocycles. The summed E-state index contributed by atoms with van der Waals surface area (Å²) in [5.41, 5.74) is 2.62. The summed E-state index contributed by atoms with van der Waals surface area (Å²) in [7, 11) is 3.41. The normalized spacial score (nSPS) is 11.1. The predicted octanol–water partition coefficient (Wildman–Crippen LogP) is 3.82. The summed E-state index contributed by atoms with van der Waals surface area (Å²) in [6.45, 7) is 4.69. The largest absolute Gasteiger partial charge is 0.493 e. The first-order valence-electron chi connectivity index (χ1n) is 10.7. The number of nitrogens with zero attached hydrogens (tertiary/aromatic N) is 1. The molecule has 0 aliphatic heterocycles. The van der Waals surface area contributed by atoms with Crippen molar-refractivity contribution in [2.75, 3.05) is 39.2 Å². The van der Waals surface area contributed by atoms with Gasteiger partial charge < -0.3 is 25.4 Å². The zero-order valence-corrected chi connectivity index (χ0v) is 18.7. The molecule has 0 atom stereocenters. The lowest BCUT2D eigenvalue weighted by atomic mass is 10.1. The van der Waals surface area contributed by atoms with Crippen LogP contribution >= 0.6 is 0 Å². The second-order valence-corrected chi connectivity index (χ2v) is 7.08. The number of hydrogen-bond donors (Lipinski definition) is 3. The van der Waals surface area contributed by atoms with Crippen LogP contribution < -0.4 is 20.7 Å². The molecule has 3 N–H and O–H groups in total. The van der Waals surface area contributed by atoms with Crippen molar-refractivity contribution in [2.24, 2.45) is 4.99 Å². The number of guanidine groups is 1. The number of aliphatic imine (C=N–C) groups is 1. The zero-order valence-electron chi connectivity index (χ0n) is 18.7. The number of carbonyl (C=O) groups is 1. The van der Waals surface area contributed by atoms with Gasteiger partial charge in [0, 0.05) is 57.6 Å². The maximum atomic E-state index is 12.1. The summed E-state index contributed by atoms with van der Waals surface area (Å²) in [5, 5.41) is 9.48.